The van der Waals surface area contributed by atoms with Gasteiger partial charge in [-0.3, -0.25) is 0 Å². The summed E-state index contributed by atoms with van der Waals surface area (Å²) in [5, 5.41) is 0.908. The van der Waals surface area contributed by atoms with E-state index in [1.54, 1.807) is 10.5 Å². The topological polar surface area (TPSA) is 0 Å². The van der Waals surface area contributed by atoms with Crippen LogP contribution in [0, 0.1) is 0 Å². The molecule has 68 valence electrons. The third-order valence-corrected chi connectivity index (χ3v) is 4.79. The highest BCUT2D eigenvalue weighted by molar-refractivity contribution is 8.00. The van der Waals surface area contributed by atoms with Gasteiger partial charge in [-0.2, -0.15) is 0 Å². The molecule has 1 heteroatoms. The van der Waals surface area contributed by atoms with E-state index >= 15 is 0 Å². The van der Waals surface area contributed by atoms with Gasteiger partial charge in [-0.05, 0) is 30.4 Å². The lowest BCUT2D eigenvalue weighted by Gasteiger charge is -2.24. The SMILES string of the molecule is c1ccc2c(c1)SC1CCCC[C@@H]21. The molecule has 0 bridgehead atoms. The van der Waals surface area contributed by atoms with Crippen LogP contribution in [0.1, 0.15) is 37.2 Å². The molecule has 1 aromatic carbocycles. The number of rotatable bonds is 0. The summed E-state index contributed by atoms with van der Waals surface area (Å²) in [7, 11) is 0. The van der Waals surface area contributed by atoms with Gasteiger partial charge >= 0.3 is 0 Å². The predicted octanol–water partition coefficient (Wildman–Crippen LogP) is 3.82. The van der Waals surface area contributed by atoms with Crippen molar-refractivity contribution in [3.05, 3.63) is 29.8 Å². The molecule has 0 radical (unpaired) electrons. The summed E-state index contributed by atoms with van der Waals surface area (Å²) in [6.45, 7) is 0. The Kier molecular flexibility index (Phi) is 1.86. The average Bonchev–Trinajstić information content (AvgIpc) is 2.56. The monoisotopic (exact) mass is 190 g/mol. The summed E-state index contributed by atoms with van der Waals surface area (Å²) < 4.78 is 0. The Hall–Kier alpha value is -0.430. The Morgan fingerprint density at radius 1 is 1.08 bits per heavy atom. The standard InChI is InChI=1S/C12H14S/c1-3-7-11-9(5-1)10-6-2-4-8-12(10)13-11/h1,3,5,7,10,12H,2,4,6,8H2/t10-,12?/m0/s1. The maximum Gasteiger partial charge on any atom is 0.0164 e. The van der Waals surface area contributed by atoms with Crippen molar-refractivity contribution in [2.24, 2.45) is 0 Å². The van der Waals surface area contributed by atoms with Gasteiger partial charge < -0.3 is 0 Å². The fourth-order valence-electron chi connectivity index (χ4n) is 2.65. The molecule has 2 atom stereocenters. The molecule has 1 aliphatic carbocycles. The molecule has 1 fully saturated rings. The molecule has 0 nitrogen and oxygen atoms in total. The summed E-state index contributed by atoms with van der Waals surface area (Å²) in [4.78, 5) is 1.56. The number of thioether (sulfide) groups is 1. The highest BCUT2D eigenvalue weighted by Gasteiger charge is 2.34. The summed E-state index contributed by atoms with van der Waals surface area (Å²) in [6, 6.07) is 8.98. The third-order valence-electron chi connectivity index (χ3n) is 3.30. The average molecular weight is 190 g/mol. The first kappa shape index (κ1) is 7.93. The van der Waals surface area contributed by atoms with Gasteiger partial charge in [0.05, 0.1) is 0 Å². The van der Waals surface area contributed by atoms with Crippen molar-refractivity contribution in [1.82, 2.24) is 0 Å². The molecule has 13 heavy (non-hydrogen) atoms. The minimum absolute atomic E-state index is 0.884. The van der Waals surface area contributed by atoms with Crippen LogP contribution in [-0.2, 0) is 0 Å². The van der Waals surface area contributed by atoms with Crippen molar-refractivity contribution >= 4 is 11.8 Å². The fraction of sp³-hybridized carbons (Fsp3) is 0.500. The van der Waals surface area contributed by atoms with Crippen LogP contribution >= 0.6 is 11.8 Å². The molecule has 0 aromatic heterocycles. The smallest absolute Gasteiger partial charge is 0.0164 e. The third kappa shape index (κ3) is 1.21. The van der Waals surface area contributed by atoms with E-state index in [-0.39, 0.29) is 0 Å². The lowest BCUT2D eigenvalue weighted by molar-refractivity contribution is 0.461. The largest absolute Gasteiger partial charge is 0.122 e. The Labute approximate surface area is 83.7 Å². The maximum absolute atomic E-state index is 2.33. The lowest BCUT2D eigenvalue weighted by Crippen LogP contribution is -2.14. The van der Waals surface area contributed by atoms with Crippen molar-refractivity contribution in [2.75, 3.05) is 0 Å². The molecule has 0 amide bonds. The van der Waals surface area contributed by atoms with E-state index in [1.807, 2.05) is 0 Å². The van der Waals surface area contributed by atoms with Gasteiger partial charge in [0.25, 0.3) is 0 Å². The second-order valence-electron chi connectivity index (χ2n) is 4.09. The zero-order valence-corrected chi connectivity index (χ0v) is 8.52. The summed E-state index contributed by atoms with van der Waals surface area (Å²) in [5.41, 5.74) is 1.64. The molecule has 1 aliphatic heterocycles. The molecule has 1 saturated carbocycles. The number of hydrogen-bond acceptors (Lipinski definition) is 1. The Morgan fingerprint density at radius 3 is 2.92 bits per heavy atom. The zero-order chi connectivity index (χ0) is 8.67. The van der Waals surface area contributed by atoms with Gasteiger partial charge in [-0.1, -0.05) is 31.0 Å². The molecular weight excluding hydrogens is 176 g/mol. The van der Waals surface area contributed by atoms with Crippen molar-refractivity contribution in [2.45, 2.75) is 41.7 Å². The molecule has 1 aromatic rings. The number of benzene rings is 1. The molecule has 0 N–H and O–H groups in total. The van der Waals surface area contributed by atoms with E-state index in [2.05, 4.69) is 36.0 Å². The molecule has 0 spiro atoms. The van der Waals surface area contributed by atoms with Crippen LogP contribution in [-0.4, -0.2) is 5.25 Å². The van der Waals surface area contributed by atoms with Crippen LogP contribution in [0.15, 0.2) is 29.2 Å². The first-order valence-electron chi connectivity index (χ1n) is 5.21. The first-order valence-corrected chi connectivity index (χ1v) is 6.09. The summed E-state index contributed by atoms with van der Waals surface area (Å²) in [6.07, 6.45) is 5.75. The van der Waals surface area contributed by atoms with E-state index in [0.29, 0.717) is 0 Å². The molecule has 0 saturated heterocycles. The molecular formula is C12H14S. The van der Waals surface area contributed by atoms with E-state index in [4.69, 9.17) is 0 Å². The van der Waals surface area contributed by atoms with Gasteiger partial charge in [-0.25, -0.2) is 0 Å². The summed E-state index contributed by atoms with van der Waals surface area (Å²) >= 11 is 2.12. The van der Waals surface area contributed by atoms with Gasteiger partial charge in [0.1, 0.15) is 0 Å². The Bertz CT molecular complexity index is 319. The van der Waals surface area contributed by atoms with Crippen molar-refractivity contribution in [3.8, 4) is 0 Å². The second-order valence-corrected chi connectivity index (χ2v) is 5.37. The highest BCUT2D eigenvalue weighted by atomic mass is 32.2. The number of hydrogen-bond donors (Lipinski definition) is 0. The van der Waals surface area contributed by atoms with Crippen LogP contribution < -0.4 is 0 Å². The van der Waals surface area contributed by atoms with Crippen LogP contribution in [0.4, 0.5) is 0 Å². The quantitative estimate of drug-likeness (QED) is 0.599. The molecule has 1 unspecified atom stereocenters. The molecule has 2 aliphatic rings. The first-order chi connectivity index (χ1) is 6.45. The summed E-state index contributed by atoms with van der Waals surface area (Å²) in [5.74, 6) is 0.884. The van der Waals surface area contributed by atoms with Gasteiger partial charge in [0, 0.05) is 10.1 Å². The predicted molar refractivity (Wildman–Crippen MR) is 57.3 cm³/mol. The normalized spacial score (nSPS) is 31.1. The molecule has 1 heterocycles. The zero-order valence-electron chi connectivity index (χ0n) is 7.70. The van der Waals surface area contributed by atoms with Crippen LogP contribution in [0.25, 0.3) is 0 Å². The number of fused-ring (bicyclic) bond motifs is 3. The van der Waals surface area contributed by atoms with Crippen molar-refractivity contribution < 1.29 is 0 Å². The molecule has 3 rings (SSSR count). The minimum Gasteiger partial charge on any atom is -0.122 e. The van der Waals surface area contributed by atoms with Crippen LogP contribution in [0.5, 0.6) is 0 Å². The lowest BCUT2D eigenvalue weighted by atomic mass is 9.84. The Balaban J connectivity index is 2.01. The highest BCUT2D eigenvalue weighted by Crippen LogP contribution is 2.51. The maximum atomic E-state index is 2.33. The van der Waals surface area contributed by atoms with E-state index in [0.717, 1.165) is 11.2 Å². The van der Waals surface area contributed by atoms with Gasteiger partial charge in [0.15, 0.2) is 0 Å². The van der Waals surface area contributed by atoms with Gasteiger partial charge in [-0.15, -0.1) is 11.8 Å². The fourth-order valence-corrected chi connectivity index (χ4v) is 4.22. The van der Waals surface area contributed by atoms with E-state index in [9.17, 15) is 0 Å². The van der Waals surface area contributed by atoms with Crippen molar-refractivity contribution in [1.29, 1.82) is 0 Å². The van der Waals surface area contributed by atoms with E-state index < -0.39 is 0 Å². The minimum atomic E-state index is 0.884. The van der Waals surface area contributed by atoms with E-state index in [1.165, 1.54) is 25.7 Å². The second kappa shape index (κ2) is 3.06. The van der Waals surface area contributed by atoms with Gasteiger partial charge in [0.2, 0.25) is 0 Å². The van der Waals surface area contributed by atoms with Crippen LogP contribution in [0.3, 0.4) is 0 Å². The van der Waals surface area contributed by atoms with Crippen molar-refractivity contribution in [3.63, 3.8) is 0 Å². The van der Waals surface area contributed by atoms with Crippen LogP contribution in [0.2, 0.25) is 0 Å². The Morgan fingerprint density at radius 2 is 1.92 bits per heavy atom.